The van der Waals surface area contributed by atoms with Gasteiger partial charge < -0.3 is 10.6 Å². The highest BCUT2D eigenvalue weighted by atomic mass is 16.1. The van der Waals surface area contributed by atoms with E-state index in [-0.39, 0.29) is 5.91 Å². The zero-order chi connectivity index (χ0) is 13.0. The highest BCUT2D eigenvalue weighted by Gasteiger charge is 2.07. The lowest BCUT2D eigenvalue weighted by molar-refractivity contribution is 0.0963. The first-order valence-corrected chi connectivity index (χ1v) is 5.43. The number of pyridine rings is 1. The van der Waals surface area contributed by atoms with Crippen LogP contribution in [0.5, 0.6) is 0 Å². The van der Waals surface area contributed by atoms with Crippen molar-refractivity contribution in [3.63, 3.8) is 0 Å². The van der Waals surface area contributed by atoms with E-state index in [0.29, 0.717) is 17.2 Å². The molecule has 2 rings (SSSR count). The van der Waals surface area contributed by atoms with E-state index in [4.69, 9.17) is 0 Å². The molecule has 0 aliphatic heterocycles. The molecule has 0 aliphatic rings. The Bertz CT molecular complexity index is 570. The van der Waals surface area contributed by atoms with Crippen molar-refractivity contribution in [1.82, 2.24) is 20.3 Å². The van der Waals surface area contributed by atoms with Gasteiger partial charge in [-0.25, -0.2) is 9.97 Å². The second-order valence-corrected chi connectivity index (χ2v) is 3.56. The topological polar surface area (TPSA) is 79.8 Å². The van der Waals surface area contributed by atoms with Gasteiger partial charge in [-0.15, -0.1) is 0 Å². The number of aromatic nitrogens is 3. The van der Waals surface area contributed by atoms with Gasteiger partial charge in [-0.3, -0.25) is 9.78 Å². The van der Waals surface area contributed by atoms with E-state index in [9.17, 15) is 4.79 Å². The number of anilines is 1. The zero-order valence-electron chi connectivity index (χ0n) is 10.1. The van der Waals surface area contributed by atoms with Crippen molar-refractivity contribution in [1.29, 1.82) is 0 Å². The van der Waals surface area contributed by atoms with Crippen molar-refractivity contribution in [3.05, 3.63) is 36.3 Å². The van der Waals surface area contributed by atoms with Gasteiger partial charge in [0.15, 0.2) is 0 Å². The van der Waals surface area contributed by atoms with Gasteiger partial charge in [-0.1, -0.05) is 0 Å². The van der Waals surface area contributed by atoms with Crippen molar-refractivity contribution in [2.24, 2.45) is 0 Å². The Labute approximate surface area is 105 Å². The predicted molar refractivity (Wildman–Crippen MR) is 68.2 cm³/mol. The molecular weight excluding hydrogens is 230 g/mol. The first kappa shape index (κ1) is 12.0. The Balaban J connectivity index is 2.41. The molecule has 0 unspecified atom stereocenters. The first-order chi connectivity index (χ1) is 8.74. The Hall–Kier alpha value is -2.50. The van der Waals surface area contributed by atoms with Crippen LogP contribution in [0, 0.1) is 0 Å². The lowest BCUT2D eigenvalue weighted by atomic mass is 10.1. The third-order valence-electron chi connectivity index (χ3n) is 2.40. The van der Waals surface area contributed by atoms with Gasteiger partial charge in [0.1, 0.15) is 0 Å². The van der Waals surface area contributed by atoms with E-state index in [0.717, 1.165) is 5.56 Å². The number of nitrogens with one attached hydrogen (secondary N) is 2. The van der Waals surface area contributed by atoms with Crippen LogP contribution in [0.1, 0.15) is 10.4 Å². The van der Waals surface area contributed by atoms with Crippen LogP contribution in [-0.4, -0.2) is 35.0 Å². The molecular formula is C12H13N5O. The third kappa shape index (κ3) is 2.42. The molecule has 1 amide bonds. The molecule has 6 nitrogen and oxygen atoms in total. The summed E-state index contributed by atoms with van der Waals surface area (Å²) in [4.78, 5) is 23.9. The van der Waals surface area contributed by atoms with Gasteiger partial charge in [-0.2, -0.15) is 0 Å². The average Bonchev–Trinajstić information content (AvgIpc) is 2.46. The molecule has 0 radical (unpaired) electrons. The molecule has 2 N–H and O–H groups in total. The van der Waals surface area contributed by atoms with E-state index in [1.165, 1.54) is 6.20 Å². The predicted octanol–water partition coefficient (Wildman–Crippen LogP) is 0.940. The van der Waals surface area contributed by atoms with Gasteiger partial charge in [0.25, 0.3) is 5.91 Å². The molecule has 0 spiro atoms. The number of carbonyl (C=O) groups is 1. The molecule has 0 saturated heterocycles. The number of hydrogen-bond donors (Lipinski definition) is 2. The van der Waals surface area contributed by atoms with Crippen LogP contribution in [0.3, 0.4) is 0 Å². The number of nitrogens with zero attached hydrogens (tertiary/aromatic N) is 3. The van der Waals surface area contributed by atoms with E-state index >= 15 is 0 Å². The maximum Gasteiger partial charge on any atom is 0.252 e. The van der Waals surface area contributed by atoms with Crippen molar-refractivity contribution >= 4 is 11.9 Å². The largest absolute Gasteiger partial charge is 0.357 e. The first-order valence-electron chi connectivity index (χ1n) is 5.43. The minimum atomic E-state index is -0.174. The number of carbonyl (C=O) groups excluding carboxylic acids is 1. The van der Waals surface area contributed by atoms with Crippen LogP contribution >= 0.6 is 0 Å². The van der Waals surface area contributed by atoms with Crippen LogP contribution in [0.4, 0.5) is 5.95 Å². The van der Waals surface area contributed by atoms with Crippen LogP contribution in [-0.2, 0) is 0 Å². The molecule has 92 valence electrons. The molecule has 2 heterocycles. The summed E-state index contributed by atoms with van der Waals surface area (Å²) in [6.45, 7) is 0. The Morgan fingerprint density at radius 2 is 2.11 bits per heavy atom. The highest BCUT2D eigenvalue weighted by molar-refractivity contribution is 5.94. The fourth-order valence-corrected chi connectivity index (χ4v) is 1.49. The Morgan fingerprint density at radius 1 is 1.28 bits per heavy atom. The number of rotatable bonds is 3. The fraction of sp³-hybridized carbons (Fsp3) is 0.167. The van der Waals surface area contributed by atoms with Crippen molar-refractivity contribution in [2.75, 3.05) is 19.4 Å². The quantitative estimate of drug-likeness (QED) is 0.838. The molecule has 18 heavy (non-hydrogen) atoms. The molecule has 6 heteroatoms. The summed E-state index contributed by atoms with van der Waals surface area (Å²) in [5, 5.41) is 5.42. The molecule has 2 aromatic heterocycles. The van der Waals surface area contributed by atoms with Crippen LogP contribution in [0.2, 0.25) is 0 Å². The van der Waals surface area contributed by atoms with Gasteiger partial charge >= 0.3 is 0 Å². The number of hydrogen-bond acceptors (Lipinski definition) is 5. The maximum absolute atomic E-state index is 11.5. The lowest BCUT2D eigenvalue weighted by Crippen LogP contribution is -2.17. The molecule has 0 aromatic carbocycles. The minimum Gasteiger partial charge on any atom is -0.357 e. The molecule has 0 aliphatic carbocycles. The van der Waals surface area contributed by atoms with Crippen molar-refractivity contribution in [2.45, 2.75) is 0 Å². The van der Waals surface area contributed by atoms with E-state index in [1.807, 2.05) is 0 Å². The minimum absolute atomic E-state index is 0.174. The van der Waals surface area contributed by atoms with Crippen LogP contribution in [0.15, 0.2) is 30.7 Å². The second kappa shape index (κ2) is 5.22. The Kier molecular flexibility index (Phi) is 3.47. The summed E-state index contributed by atoms with van der Waals surface area (Å²) < 4.78 is 0. The summed E-state index contributed by atoms with van der Waals surface area (Å²) in [7, 11) is 3.33. The van der Waals surface area contributed by atoms with Gasteiger partial charge in [-0.05, 0) is 12.1 Å². The molecule has 2 aromatic rings. The summed E-state index contributed by atoms with van der Waals surface area (Å²) in [6, 6.07) is 3.51. The van der Waals surface area contributed by atoms with E-state index < -0.39 is 0 Å². The average molecular weight is 243 g/mol. The lowest BCUT2D eigenvalue weighted by Gasteiger charge is -2.04. The third-order valence-corrected chi connectivity index (χ3v) is 2.40. The van der Waals surface area contributed by atoms with Crippen LogP contribution < -0.4 is 10.6 Å². The number of amides is 1. The second-order valence-electron chi connectivity index (χ2n) is 3.56. The SMILES string of the molecule is CNC(=O)c1cncc(-c2ccnc(NC)n2)c1. The molecule has 0 fully saturated rings. The molecule has 0 bridgehead atoms. The summed E-state index contributed by atoms with van der Waals surface area (Å²) >= 11 is 0. The zero-order valence-corrected chi connectivity index (χ0v) is 10.1. The standard InChI is InChI=1S/C12H13N5O/c1-13-11(18)9-5-8(6-15-7-9)10-3-4-16-12(14-2)17-10/h3-7H,1-2H3,(H,13,18)(H,14,16,17). The fourth-order valence-electron chi connectivity index (χ4n) is 1.49. The normalized spacial score (nSPS) is 9.89. The summed E-state index contributed by atoms with van der Waals surface area (Å²) in [6.07, 6.45) is 4.83. The summed E-state index contributed by atoms with van der Waals surface area (Å²) in [5.41, 5.74) is 1.99. The molecule has 0 atom stereocenters. The molecule has 0 saturated carbocycles. The van der Waals surface area contributed by atoms with E-state index in [1.54, 1.807) is 38.6 Å². The van der Waals surface area contributed by atoms with Gasteiger partial charge in [0.2, 0.25) is 5.95 Å². The Morgan fingerprint density at radius 3 is 2.83 bits per heavy atom. The van der Waals surface area contributed by atoms with E-state index in [2.05, 4.69) is 25.6 Å². The summed E-state index contributed by atoms with van der Waals surface area (Å²) in [5.74, 6) is 0.352. The monoisotopic (exact) mass is 243 g/mol. The van der Waals surface area contributed by atoms with Crippen LogP contribution in [0.25, 0.3) is 11.3 Å². The van der Waals surface area contributed by atoms with Crippen molar-refractivity contribution in [3.8, 4) is 11.3 Å². The van der Waals surface area contributed by atoms with Crippen molar-refractivity contribution < 1.29 is 4.79 Å². The maximum atomic E-state index is 11.5. The smallest absolute Gasteiger partial charge is 0.252 e. The van der Waals surface area contributed by atoms with Gasteiger partial charge in [0.05, 0.1) is 11.3 Å². The van der Waals surface area contributed by atoms with Gasteiger partial charge in [0, 0.05) is 38.2 Å². The highest BCUT2D eigenvalue weighted by Crippen LogP contribution is 2.17.